The molecule has 24 heavy (non-hydrogen) atoms. The lowest BCUT2D eigenvalue weighted by Crippen LogP contribution is -2.24. The van der Waals surface area contributed by atoms with Crippen molar-refractivity contribution in [2.24, 2.45) is 0 Å². The van der Waals surface area contributed by atoms with Crippen LogP contribution in [0.25, 0.3) is 0 Å². The Morgan fingerprint density at radius 1 is 1.21 bits per heavy atom. The minimum absolute atomic E-state index is 0.0908. The van der Waals surface area contributed by atoms with Crippen molar-refractivity contribution in [3.63, 3.8) is 0 Å². The number of benzene rings is 2. The molecule has 2 N–H and O–H groups in total. The van der Waals surface area contributed by atoms with Crippen LogP contribution >= 0.6 is 0 Å². The maximum Gasteiger partial charge on any atom is 0.407 e. The third kappa shape index (κ3) is 5.40. The molecule has 2 rings (SSSR count). The molecule has 0 saturated carbocycles. The van der Waals surface area contributed by atoms with E-state index >= 15 is 0 Å². The van der Waals surface area contributed by atoms with Crippen LogP contribution in [0.3, 0.4) is 0 Å². The first-order valence-corrected chi connectivity index (χ1v) is 7.35. The van der Waals surface area contributed by atoms with E-state index in [1.54, 1.807) is 6.07 Å². The van der Waals surface area contributed by atoms with Gasteiger partial charge in [-0.3, -0.25) is 0 Å². The average Bonchev–Trinajstić information content (AvgIpc) is 2.61. The zero-order chi connectivity index (χ0) is 17.2. The number of carbonyl (C=O) groups is 1. The van der Waals surface area contributed by atoms with Crippen molar-refractivity contribution in [2.75, 3.05) is 6.54 Å². The molecule has 0 spiro atoms. The lowest BCUT2D eigenvalue weighted by Gasteiger charge is -2.05. The standard InChI is InChI=1S/C19H16N2O3/c20-13-17-10-9-15(12-18(17)22)6-4-5-11-21-19(23)24-14-16-7-2-1-3-8-16/h1-3,7-10,12,22H,5,11,14H2,(H,21,23). The fraction of sp³-hybridized carbons (Fsp3) is 0.158. The van der Waals surface area contributed by atoms with Crippen LogP contribution in [0.5, 0.6) is 5.75 Å². The maximum atomic E-state index is 11.5. The quantitative estimate of drug-likeness (QED) is 0.670. The van der Waals surface area contributed by atoms with Crippen molar-refractivity contribution in [3.05, 3.63) is 65.2 Å². The first-order chi connectivity index (χ1) is 11.7. The van der Waals surface area contributed by atoms with Gasteiger partial charge in [0.1, 0.15) is 18.4 Å². The fourth-order valence-electron chi connectivity index (χ4n) is 1.87. The molecule has 2 aromatic rings. The molecule has 0 aliphatic rings. The summed E-state index contributed by atoms with van der Waals surface area (Å²) in [5.41, 5.74) is 1.74. The first-order valence-electron chi connectivity index (χ1n) is 7.35. The summed E-state index contributed by atoms with van der Waals surface area (Å²) >= 11 is 0. The van der Waals surface area contributed by atoms with Crippen LogP contribution in [-0.2, 0) is 11.3 Å². The van der Waals surface area contributed by atoms with Crippen molar-refractivity contribution < 1.29 is 14.6 Å². The summed E-state index contributed by atoms with van der Waals surface area (Å²) in [4.78, 5) is 11.5. The fourth-order valence-corrected chi connectivity index (χ4v) is 1.87. The Hall–Kier alpha value is -3.44. The average molecular weight is 320 g/mol. The number of nitriles is 1. The Morgan fingerprint density at radius 2 is 2.00 bits per heavy atom. The van der Waals surface area contributed by atoms with Crippen LogP contribution in [0, 0.1) is 23.2 Å². The van der Waals surface area contributed by atoms with Gasteiger partial charge in [0.2, 0.25) is 0 Å². The Bertz CT molecular complexity index is 799. The zero-order valence-electron chi connectivity index (χ0n) is 13.0. The van der Waals surface area contributed by atoms with E-state index in [-0.39, 0.29) is 17.9 Å². The minimum atomic E-state index is -0.489. The number of phenols is 1. The van der Waals surface area contributed by atoms with Gasteiger partial charge >= 0.3 is 6.09 Å². The Labute approximate surface area is 140 Å². The van der Waals surface area contributed by atoms with Crippen LogP contribution in [0.4, 0.5) is 4.79 Å². The highest BCUT2D eigenvalue weighted by atomic mass is 16.5. The van der Waals surface area contributed by atoms with Crippen molar-refractivity contribution >= 4 is 6.09 Å². The monoisotopic (exact) mass is 320 g/mol. The van der Waals surface area contributed by atoms with Gasteiger partial charge in [0.05, 0.1) is 5.56 Å². The SMILES string of the molecule is N#Cc1ccc(C#CCCNC(=O)OCc2ccccc2)cc1O. The van der Waals surface area contributed by atoms with Gasteiger partial charge in [0, 0.05) is 18.5 Å². The topological polar surface area (TPSA) is 82.4 Å². The predicted octanol–water partition coefficient (Wildman–Crippen LogP) is 2.93. The lowest BCUT2D eigenvalue weighted by molar-refractivity contribution is 0.140. The van der Waals surface area contributed by atoms with Gasteiger partial charge in [-0.1, -0.05) is 42.2 Å². The highest BCUT2D eigenvalue weighted by Crippen LogP contribution is 2.16. The number of rotatable bonds is 4. The first kappa shape index (κ1) is 16.9. The molecule has 0 aromatic heterocycles. The smallest absolute Gasteiger partial charge is 0.407 e. The highest BCUT2D eigenvalue weighted by Gasteiger charge is 2.01. The number of amides is 1. The van der Waals surface area contributed by atoms with Gasteiger partial charge in [-0.15, -0.1) is 0 Å². The number of hydrogen-bond acceptors (Lipinski definition) is 4. The van der Waals surface area contributed by atoms with E-state index in [2.05, 4.69) is 17.2 Å². The number of phenolic OH excluding ortho intramolecular Hbond substituents is 1. The van der Waals surface area contributed by atoms with Crippen LogP contribution < -0.4 is 5.32 Å². The summed E-state index contributed by atoms with van der Waals surface area (Å²) in [7, 11) is 0. The van der Waals surface area contributed by atoms with Crippen molar-refractivity contribution in [1.82, 2.24) is 5.32 Å². The molecule has 0 atom stereocenters. The molecule has 120 valence electrons. The van der Waals surface area contributed by atoms with Crippen LogP contribution in [0.2, 0.25) is 0 Å². The molecule has 0 aliphatic carbocycles. The van der Waals surface area contributed by atoms with Gasteiger partial charge in [0.15, 0.2) is 0 Å². The number of alkyl carbamates (subject to hydrolysis) is 1. The largest absolute Gasteiger partial charge is 0.507 e. The summed E-state index contributed by atoms with van der Waals surface area (Å²) in [6, 6.07) is 15.9. The molecule has 0 fully saturated rings. The molecule has 0 aliphatic heterocycles. The summed E-state index contributed by atoms with van der Waals surface area (Å²) < 4.78 is 5.07. The second-order valence-electron chi connectivity index (χ2n) is 4.88. The van der Waals surface area contributed by atoms with E-state index in [4.69, 9.17) is 10.00 Å². The number of aromatic hydroxyl groups is 1. The summed E-state index contributed by atoms with van der Waals surface area (Å²) in [5, 5.41) is 20.9. The van der Waals surface area contributed by atoms with Crippen molar-refractivity contribution in [3.8, 4) is 23.7 Å². The molecule has 1 amide bonds. The van der Waals surface area contributed by atoms with Gasteiger partial charge in [0.25, 0.3) is 0 Å². The second-order valence-corrected chi connectivity index (χ2v) is 4.88. The van der Waals surface area contributed by atoms with Crippen molar-refractivity contribution in [1.29, 1.82) is 5.26 Å². The summed E-state index contributed by atoms with van der Waals surface area (Å²) in [5.74, 6) is 5.65. The molecule has 5 nitrogen and oxygen atoms in total. The van der Waals surface area contributed by atoms with Gasteiger partial charge in [-0.2, -0.15) is 5.26 Å². The van der Waals surface area contributed by atoms with E-state index < -0.39 is 6.09 Å². The van der Waals surface area contributed by atoms with Crippen LogP contribution in [0.1, 0.15) is 23.1 Å². The van der Waals surface area contributed by atoms with Gasteiger partial charge < -0.3 is 15.2 Å². The van der Waals surface area contributed by atoms with E-state index in [9.17, 15) is 9.90 Å². The van der Waals surface area contributed by atoms with Crippen LogP contribution in [0.15, 0.2) is 48.5 Å². The molecule has 0 heterocycles. The number of ether oxygens (including phenoxy) is 1. The molecular formula is C19H16N2O3. The normalized spacial score (nSPS) is 9.29. The molecular weight excluding hydrogens is 304 g/mol. The maximum absolute atomic E-state index is 11.5. The lowest BCUT2D eigenvalue weighted by atomic mass is 10.1. The summed E-state index contributed by atoms with van der Waals surface area (Å²) in [6.45, 7) is 0.589. The van der Waals surface area contributed by atoms with Crippen LogP contribution in [-0.4, -0.2) is 17.7 Å². The Kier molecular flexibility index (Phi) is 6.25. The molecule has 0 saturated heterocycles. The molecule has 0 radical (unpaired) electrons. The number of carbonyl (C=O) groups excluding carboxylic acids is 1. The highest BCUT2D eigenvalue weighted by molar-refractivity contribution is 5.67. The molecule has 2 aromatic carbocycles. The van der Waals surface area contributed by atoms with Gasteiger partial charge in [-0.05, 0) is 23.8 Å². The molecule has 0 bridgehead atoms. The third-order valence-electron chi connectivity index (χ3n) is 3.08. The van der Waals surface area contributed by atoms with Gasteiger partial charge in [-0.25, -0.2) is 4.79 Å². The summed E-state index contributed by atoms with van der Waals surface area (Å²) in [6.07, 6.45) is -0.0436. The Balaban J connectivity index is 1.70. The van der Waals surface area contributed by atoms with E-state index in [1.165, 1.54) is 12.1 Å². The minimum Gasteiger partial charge on any atom is -0.507 e. The van der Waals surface area contributed by atoms with E-state index in [1.807, 2.05) is 36.4 Å². The number of nitrogens with one attached hydrogen (secondary N) is 1. The van der Waals surface area contributed by atoms with Crippen molar-refractivity contribution in [2.45, 2.75) is 13.0 Å². The molecule has 0 unspecified atom stereocenters. The van der Waals surface area contributed by atoms with E-state index in [0.717, 1.165) is 5.56 Å². The third-order valence-corrected chi connectivity index (χ3v) is 3.08. The predicted molar refractivity (Wildman–Crippen MR) is 88.9 cm³/mol. The molecule has 5 heteroatoms. The number of hydrogen-bond donors (Lipinski definition) is 2. The number of nitrogens with zero attached hydrogens (tertiary/aromatic N) is 1. The Morgan fingerprint density at radius 3 is 2.71 bits per heavy atom. The second kappa shape index (κ2) is 8.87. The van der Waals surface area contributed by atoms with E-state index in [0.29, 0.717) is 18.5 Å². The zero-order valence-corrected chi connectivity index (χ0v) is 13.0.